The molecule has 0 aliphatic carbocycles. The lowest BCUT2D eigenvalue weighted by atomic mass is 10.1. The molecule has 0 saturated carbocycles. The van der Waals surface area contributed by atoms with Crippen LogP contribution in [0, 0.1) is 11.6 Å². The van der Waals surface area contributed by atoms with E-state index in [4.69, 9.17) is 0 Å². The van der Waals surface area contributed by atoms with Crippen LogP contribution in [0.3, 0.4) is 0 Å². The van der Waals surface area contributed by atoms with Crippen molar-refractivity contribution in [1.29, 1.82) is 0 Å². The van der Waals surface area contributed by atoms with Gasteiger partial charge >= 0.3 is 6.03 Å². The highest BCUT2D eigenvalue weighted by Crippen LogP contribution is 2.15. The summed E-state index contributed by atoms with van der Waals surface area (Å²) in [6.45, 7) is 1.87. The van der Waals surface area contributed by atoms with Gasteiger partial charge in [0.2, 0.25) is 0 Å². The van der Waals surface area contributed by atoms with Gasteiger partial charge in [0, 0.05) is 12.1 Å². The van der Waals surface area contributed by atoms with Crippen LogP contribution in [0.15, 0.2) is 48.5 Å². The summed E-state index contributed by atoms with van der Waals surface area (Å²) < 4.78 is 26.5. The second-order valence-corrected chi connectivity index (χ2v) is 5.15. The van der Waals surface area contributed by atoms with Gasteiger partial charge in [-0.1, -0.05) is 30.3 Å². The SMILES string of the molecule is CC(CCc1ccccc1)NC(=O)Nc1cc(F)ccc1F. The van der Waals surface area contributed by atoms with Gasteiger partial charge in [-0.3, -0.25) is 0 Å². The molecule has 2 aromatic carbocycles. The zero-order valence-corrected chi connectivity index (χ0v) is 12.3. The van der Waals surface area contributed by atoms with E-state index in [9.17, 15) is 13.6 Å². The van der Waals surface area contributed by atoms with Crippen LogP contribution in [0.2, 0.25) is 0 Å². The average molecular weight is 304 g/mol. The van der Waals surface area contributed by atoms with Crippen molar-refractivity contribution in [2.45, 2.75) is 25.8 Å². The quantitative estimate of drug-likeness (QED) is 0.857. The molecule has 116 valence electrons. The molecule has 0 aromatic heterocycles. The number of anilines is 1. The first-order valence-electron chi connectivity index (χ1n) is 7.11. The fourth-order valence-electron chi connectivity index (χ4n) is 2.08. The van der Waals surface area contributed by atoms with Gasteiger partial charge in [0.15, 0.2) is 0 Å². The summed E-state index contributed by atoms with van der Waals surface area (Å²) in [7, 11) is 0. The van der Waals surface area contributed by atoms with Gasteiger partial charge in [0.25, 0.3) is 0 Å². The molecule has 2 N–H and O–H groups in total. The highest BCUT2D eigenvalue weighted by Gasteiger charge is 2.10. The molecule has 0 aliphatic heterocycles. The third kappa shape index (κ3) is 4.84. The van der Waals surface area contributed by atoms with E-state index in [2.05, 4.69) is 10.6 Å². The zero-order valence-electron chi connectivity index (χ0n) is 12.3. The third-order valence-electron chi connectivity index (χ3n) is 3.26. The number of amides is 2. The normalized spacial score (nSPS) is 11.8. The van der Waals surface area contributed by atoms with Crippen molar-refractivity contribution in [3.63, 3.8) is 0 Å². The summed E-state index contributed by atoms with van der Waals surface area (Å²) in [4.78, 5) is 11.8. The number of urea groups is 1. The molecule has 1 atom stereocenters. The number of nitrogens with one attached hydrogen (secondary N) is 2. The van der Waals surface area contributed by atoms with Crippen LogP contribution in [0.5, 0.6) is 0 Å². The lowest BCUT2D eigenvalue weighted by Gasteiger charge is -2.15. The maximum atomic E-state index is 13.4. The topological polar surface area (TPSA) is 41.1 Å². The van der Waals surface area contributed by atoms with Crippen molar-refractivity contribution < 1.29 is 13.6 Å². The van der Waals surface area contributed by atoms with Crippen LogP contribution < -0.4 is 10.6 Å². The number of carbonyl (C=O) groups excluding carboxylic acids is 1. The molecule has 0 aliphatic rings. The monoisotopic (exact) mass is 304 g/mol. The third-order valence-corrected chi connectivity index (χ3v) is 3.26. The van der Waals surface area contributed by atoms with Crippen molar-refractivity contribution in [2.75, 3.05) is 5.32 Å². The van der Waals surface area contributed by atoms with E-state index >= 15 is 0 Å². The van der Waals surface area contributed by atoms with E-state index in [0.717, 1.165) is 31.0 Å². The second-order valence-electron chi connectivity index (χ2n) is 5.15. The van der Waals surface area contributed by atoms with Crippen molar-refractivity contribution in [2.24, 2.45) is 0 Å². The highest BCUT2D eigenvalue weighted by atomic mass is 19.1. The van der Waals surface area contributed by atoms with Crippen LogP contribution in [-0.4, -0.2) is 12.1 Å². The summed E-state index contributed by atoms with van der Waals surface area (Å²) in [5.74, 6) is -1.28. The molecule has 3 nitrogen and oxygen atoms in total. The van der Waals surface area contributed by atoms with Crippen molar-refractivity contribution in [3.8, 4) is 0 Å². The predicted molar refractivity (Wildman–Crippen MR) is 82.7 cm³/mol. The Hall–Kier alpha value is -2.43. The van der Waals surface area contributed by atoms with Gasteiger partial charge < -0.3 is 10.6 Å². The van der Waals surface area contributed by atoms with Crippen LogP contribution in [-0.2, 0) is 6.42 Å². The number of rotatable bonds is 5. The smallest absolute Gasteiger partial charge is 0.319 e. The highest BCUT2D eigenvalue weighted by molar-refractivity contribution is 5.89. The van der Waals surface area contributed by atoms with Gasteiger partial charge in [-0.25, -0.2) is 13.6 Å². The van der Waals surface area contributed by atoms with Crippen LogP contribution in [0.4, 0.5) is 19.3 Å². The number of hydrogen-bond acceptors (Lipinski definition) is 1. The number of hydrogen-bond donors (Lipinski definition) is 2. The number of halogens is 2. The molecule has 1 unspecified atom stereocenters. The Kier molecular flexibility index (Phi) is 5.47. The van der Waals surface area contributed by atoms with Crippen molar-refractivity contribution in [1.82, 2.24) is 5.32 Å². The fourth-order valence-corrected chi connectivity index (χ4v) is 2.08. The number of aryl methyl sites for hydroxylation is 1. The van der Waals surface area contributed by atoms with Crippen LogP contribution in [0.25, 0.3) is 0 Å². The number of benzene rings is 2. The molecule has 0 heterocycles. The minimum Gasteiger partial charge on any atom is -0.335 e. The summed E-state index contributed by atoms with van der Waals surface area (Å²) in [6.07, 6.45) is 1.58. The lowest BCUT2D eigenvalue weighted by molar-refractivity contribution is 0.248. The van der Waals surface area contributed by atoms with Crippen LogP contribution in [0.1, 0.15) is 18.9 Å². The Bertz CT molecular complexity index is 632. The van der Waals surface area contributed by atoms with E-state index in [1.807, 2.05) is 37.3 Å². The Balaban J connectivity index is 1.82. The predicted octanol–water partition coefficient (Wildman–Crippen LogP) is 4.11. The molecule has 2 aromatic rings. The Morgan fingerprint density at radius 3 is 2.59 bits per heavy atom. The van der Waals surface area contributed by atoms with Gasteiger partial charge in [0.05, 0.1) is 5.69 Å². The molecule has 2 rings (SSSR count). The summed E-state index contributed by atoms with van der Waals surface area (Å²) in [5.41, 5.74) is 1.01. The van der Waals surface area contributed by atoms with Gasteiger partial charge in [-0.2, -0.15) is 0 Å². The van der Waals surface area contributed by atoms with E-state index < -0.39 is 17.7 Å². The zero-order chi connectivity index (χ0) is 15.9. The summed E-state index contributed by atoms with van der Waals surface area (Å²) >= 11 is 0. The van der Waals surface area contributed by atoms with E-state index in [-0.39, 0.29) is 11.7 Å². The minimum absolute atomic E-state index is 0.0863. The van der Waals surface area contributed by atoms with Gasteiger partial charge in [0.1, 0.15) is 11.6 Å². The standard InChI is InChI=1S/C17H18F2N2O/c1-12(7-8-13-5-3-2-4-6-13)20-17(22)21-16-11-14(18)9-10-15(16)19/h2-6,9-12H,7-8H2,1H3,(H2,20,21,22). The molecule has 0 fully saturated rings. The van der Waals surface area contributed by atoms with E-state index in [1.165, 1.54) is 5.56 Å². The van der Waals surface area contributed by atoms with Gasteiger partial charge in [-0.15, -0.1) is 0 Å². The Labute approximate surface area is 128 Å². The molecule has 5 heteroatoms. The largest absolute Gasteiger partial charge is 0.335 e. The van der Waals surface area contributed by atoms with Crippen LogP contribution >= 0.6 is 0 Å². The molecule has 0 saturated heterocycles. The maximum absolute atomic E-state index is 13.4. The van der Waals surface area contributed by atoms with Crippen molar-refractivity contribution >= 4 is 11.7 Å². The summed E-state index contributed by atoms with van der Waals surface area (Å²) in [5, 5.41) is 5.02. The van der Waals surface area contributed by atoms with E-state index in [1.54, 1.807) is 0 Å². The van der Waals surface area contributed by atoms with E-state index in [0.29, 0.717) is 0 Å². The Morgan fingerprint density at radius 2 is 1.86 bits per heavy atom. The van der Waals surface area contributed by atoms with Gasteiger partial charge in [-0.05, 0) is 37.5 Å². The molecular formula is C17H18F2N2O. The first-order chi connectivity index (χ1) is 10.5. The summed E-state index contributed by atoms with van der Waals surface area (Å²) in [6, 6.07) is 12.2. The number of carbonyl (C=O) groups is 1. The second kappa shape index (κ2) is 7.54. The molecular weight excluding hydrogens is 286 g/mol. The molecule has 22 heavy (non-hydrogen) atoms. The molecule has 2 amide bonds. The molecule has 0 spiro atoms. The minimum atomic E-state index is -0.673. The lowest BCUT2D eigenvalue weighted by Crippen LogP contribution is -2.36. The first-order valence-corrected chi connectivity index (χ1v) is 7.11. The van der Waals surface area contributed by atoms with Crippen molar-refractivity contribution in [3.05, 3.63) is 65.7 Å². The first kappa shape index (κ1) is 15.9. The molecule has 0 bridgehead atoms. The molecule has 0 radical (unpaired) electrons. The average Bonchev–Trinajstić information content (AvgIpc) is 2.50. The fraction of sp³-hybridized carbons (Fsp3) is 0.235. The Morgan fingerprint density at radius 1 is 1.14 bits per heavy atom. The maximum Gasteiger partial charge on any atom is 0.319 e.